The van der Waals surface area contributed by atoms with Gasteiger partial charge in [-0.2, -0.15) is 0 Å². The number of nitrogens with zero attached hydrogens (tertiary/aromatic N) is 1. The highest BCUT2D eigenvalue weighted by atomic mass is 16.6. The molecule has 1 heterocycles. The van der Waals surface area contributed by atoms with Crippen LogP contribution in [0.3, 0.4) is 0 Å². The van der Waals surface area contributed by atoms with E-state index in [4.69, 9.17) is 19.9 Å². The standard InChI is InChI=1S/C16H28N2O5.C12H24N2O4.C2H6O/c1-16(2,3)23-15(21)17-10-6-5-8-12(14(20)22-4)18-11-7-9-13(18)19;1-12(2,3)18-11(16)14-8-6-5-7-9(13)10(15)17-4;1-3-2/h12H,5-11H2,1-4H3,(H,17,21);9H,5-8,13H2,1-4H3,(H,14,16);1-2H3/t12-;9-;/m00./s1. The Morgan fingerprint density at radius 1 is 0.773 bits per heavy atom. The van der Waals surface area contributed by atoms with Crippen LogP contribution in [-0.2, 0) is 38.1 Å². The quantitative estimate of drug-likeness (QED) is 0.153. The fourth-order valence-corrected chi connectivity index (χ4v) is 3.77. The van der Waals surface area contributed by atoms with Crippen molar-refractivity contribution in [1.82, 2.24) is 15.5 Å². The van der Waals surface area contributed by atoms with Crippen LogP contribution in [0.2, 0.25) is 0 Å². The third-order valence-electron chi connectivity index (χ3n) is 5.65. The molecular weight excluding hydrogens is 576 g/mol. The smallest absolute Gasteiger partial charge is 0.407 e. The van der Waals surface area contributed by atoms with Crippen molar-refractivity contribution < 1.29 is 47.7 Å². The highest BCUT2D eigenvalue weighted by Gasteiger charge is 2.33. The van der Waals surface area contributed by atoms with Gasteiger partial charge in [-0.05, 0) is 86.5 Å². The van der Waals surface area contributed by atoms with E-state index in [-0.39, 0.29) is 11.9 Å². The molecule has 0 spiro atoms. The molecule has 3 amide bonds. The van der Waals surface area contributed by atoms with Gasteiger partial charge in [0.15, 0.2) is 0 Å². The fraction of sp³-hybridized carbons (Fsp3) is 0.833. The normalized spacial score (nSPS) is 14.1. The van der Waals surface area contributed by atoms with E-state index in [1.54, 1.807) is 39.9 Å². The lowest BCUT2D eigenvalue weighted by Gasteiger charge is -2.25. The van der Waals surface area contributed by atoms with Crippen LogP contribution < -0.4 is 16.4 Å². The Kier molecular flexibility index (Phi) is 22.7. The predicted molar refractivity (Wildman–Crippen MR) is 166 cm³/mol. The number of hydrogen-bond acceptors (Lipinski definition) is 11. The number of rotatable bonds is 13. The third kappa shape index (κ3) is 23.3. The fourth-order valence-electron chi connectivity index (χ4n) is 3.77. The number of nitrogens with one attached hydrogen (secondary N) is 2. The lowest BCUT2D eigenvalue weighted by Crippen LogP contribution is -2.42. The van der Waals surface area contributed by atoms with Crippen LogP contribution in [0.25, 0.3) is 0 Å². The molecule has 1 aliphatic rings. The summed E-state index contributed by atoms with van der Waals surface area (Å²) in [6.45, 7) is 12.4. The lowest BCUT2D eigenvalue weighted by atomic mass is 10.1. The van der Waals surface area contributed by atoms with E-state index in [1.165, 1.54) is 14.2 Å². The van der Waals surface area contributed by atoms with E-state index >= 15 is 0 Å². The first-order chi connectivity index (χ1) is 20.4. The number of amides is 3. The van der Waals surface area contributed by atoms with Gasteiger partial charge in [-0.3, -0.25) is 9.59 Å². The van der Waals surface area contributed by atoms with Crippen molar-refractivity contribution in [3.05, 3.63) is 0 Å². The van der Waals surface area contributed by atoms with Gasteiger partial charge in [0, 0.05) is 40.3 Å². The molecule has 0 bridgehead atoms. The van der Waals surface area contributed by atoms with Crippen LogP contribution in [0.1, 0.15) is 92.9 Å². The van der Waals surface area contributed by atoms with Crippen LogP contribution in [0.4, 0.5) is 9.59 Å². The van der Waals surface area contributed by atoms with Gasteiger partial charge in [0.2, 0.25) is 5.91 Å². The van der Waals surface area contributed by atoms with Crippen LogP contribution in [0.5, 0.6) is 0 Å². The number of ether oxygens (including phenoxy) is 5. The minimum absolute atomic E-state index is 0.00674. The number of esters is 2. The topological polar surface area (TPSA) is 185 Å². The lowest BCUT2D eigenvalue weighted by molar-refractivity contribution is -0.151. The second-order valence-corrected chi connectivity index (χ2v) is 12.1. The molecule has 4 N–H and O–H groups in total. The average Bonchev–Trinajstić information content (AvgIpc) is 3.33. The minimum atomic E-state index is -0.587. The first-order valence-corrected chi connectivity index (χ1v) is 15.0. The first kappa shape index (κ1) is 43.0. The largest absolute Gasteiger partial charge is 0.468 e. The Bertz CT molecular complexity index is 856. The average molecular weight is 635 g/mol. The van der Waals surface area contributed by atoms with Crippen molar-refractivity contribution in [2.45, 2.75) is 116 Å². The van der Waals surface area contributed by atoms with E-state index < -0.39 is 41.4 Å². The zero-order chi connectivity index (χ0) is 34.3. The van der Waals surface area contributed by atoms with E-state index in [0.29, 0.717) is 51.7 Å². The molecule has 1 fully saturated rings. The third-order valence-corrected chi connectivity index (χ3v) is 5.65. The van der Waals surface area contributed by atoms with Gasteiger partial charge in [0.25, 0.3) is 0 Å². The maximum absolute atomic E-state index is 11.9. The van der Waals surface area contributed by atoms with Crippen molar-refractivity contribution in [3.8, 4) is 0 Å². The van der Waals surface area contributed by atoms with Crippen molar-refractivity contribution in [2.75, 3.05) is 48.1 Å². The molecule has 0 unspecified atom stereocenters. The molecule has 258 valence electrons. The molecule has 0 aromatic rings. The summed E-state index contributed by atoms with van der Waals surface area (Å²) < 4.78 is 23.8. The molecule has 1 aliphatic heterocycles. The SMILES string of the molecule is COC.COC(=O)[C@@H](N)CCCCNC(=O)OC(C)(C)C.COC(=O)[C@H](CCCCNC(=O)OC(C)(C)C)N1CCCC1=O. The molecule has 1 saturated heterocycles. The molecule has 0 radical (unpaired) electrons. The maximum Gasteiger partial charge on any atom is 0.407 e. The van der Waals surface area contributed by atoms with Crippen LogP contribution in [0.15, 0.2) is 0 Å². The number of hydrogen-bond donors (Lipinski definition) is 3. The van der Waals surface area contributed by atoms with Gasteiger partial charge in [-0.25, -0.2) is 14.4 Å². The first-order valence-electron chi connectivity index (χ1n) is 15.0. The molecule has 0 aromatic carbocycles. The number of unbranched alkanes of at least 4 members (excludes halogenated alkanes) is 2. The molecule has 0 aromatic heterocycles. The monoisotopic (exact) mass is 634 g/mol. The molecule has 0 aliphatic carbocycles. The highest BCUT2D eigenvalue weighted by molar-refractivity contribution is 5.85. The van der Waals surface area contributed by atoms with Gasteiger partial charge >= 0.3 is 24.1 Å². The number of nitrogens with two attached hydrogens (primary N) is 1. The number of methoxy groups -OCH3 is 3. The maximum atomic E-state index is 11.9. The summed E-state index contributed by atoms with van der Waals surface area (Å²) in [5, 5.41) is 5.31. The van der Waals surface area contributed by atoms with Gasteiger partial charge in [0.05, 0.1) is 14.2 Å². The summed E-state index contributed by atoms with van der Waals surface area (Å²) in [5.41, 5.74) is 4.56. The Morgan fingerprint density at radius 2 is 1.20 bits per heavy atom. The number of likely N-dealkylation sites (tertiary alicyclic amines) is 1. The van der Waals surface area contributed by atoms with Crippen molar-refractivity contribution in [1.29, 1.82) is 0 Å². The van der Waals surface area contributed by atoms with Gasteiger partial charge in [-0.1, -0.05) is 0 Å². The van der Waals surface area contributed by atoms with Crippen molar-refractivity contribution >= 4 is 30.0 Å². The summed E-state index contributed by atoms with van der Waals surface area (Å²) in [5.74, 6) is -0.775. The summed E-state index contributed by atoms with van der Waals surface area (Å²) in [7, 11) is 5.90. The van der Waals surface area contributed by atoms with Gasteiger partial charge in [0.1, 0.15) is 23.3 Å². The number of carbonyl (C=O) groups is 5. The summed E-state index contributed by atoms with van der Waals surface area (Å²) in [6, 6.07) is -1.10. The number of carbonyl (C=O) groups excluding carboxylic acids is 5. The summed E-state index contributed by atoms with van der Waals surface area (Å²) >= 11 is 0. The van der Waals surface area contributed by atoms with Crippen LogP contribution in [-0.4, -0.2) is 106 Å². The number of alkyl carbamates (subject to hydrolysis) is 2. The summed E-state index contributed by atoms with van der Waals surface area (Å²) in [6.07, 6.45) is 4.37. The second-order valence-electron chi connectivity index (χ2n) is 12.1. The molecule has 2 atom stereocenters. The Balaban J connectivity index is 0. The zero-order valence-electron chi connectivity index (χ0n) is 28.5. The van der Waals surface area contributed by atoms with Crippen LogP contribution in [0, 0.1) is 0 Å². The van der Waals surface area contributed by atoms with E-state index in [2.05, 4.69) is 20.1 Å². The minimum Gasteiger partial charge on any atom is -0.468 e. The van der Waals surface area contributed by atoms with Gasteiger partial charge < -0.3 is 45.0 Å². The Morgan fingerprint density at radius 3 is 1.57 bits per heavy atom. The van der Waals surface area contributed by atoms with Gasteiger partial charge in [-0.15, -0.1) is 0 Å². The Labute approximate surface area is 263 Å². The van der Waals surface area contributed by atoms with E-state index in [0.717, 1.165) is 19.3 Å². The van der Waals surface area contributed by atoms with E-state index in [9.17, 15) is 24.0 Å². The molecule has 0 saturated carbocycles. The molecule has 14 nitrogen and oxygen atoms in total. The van der Waals surface area contributed by atoms with Crippen LogP contribution >= 0.6 is 0 Å². The predicted octanol–water partition coefficient (Wildman–Crippen LogP) is 3.29. The van der Waals surface area contributed by atoms with E-state index in [1.807, 2.05) is 20.8 Å². The zero-order valence-corrected chi connectivity index (χ0v) is 28.5. The molecule has 1 rings (SSSR count). The second kappa shape index (κ2) is 23.3. The van der Waals surface area contributed by atoms with Crippen molar-refractivity contribution in [3.63, 3.8) is 0 Å². The highest BCUT2D eigenvalue weighted by Crippen LogP contribution is 2.18. The molecule has 14 heteroatoms. The molecule has 44 heavy (non-hydrogen) atoms. The van der Waals surface area contributed by atoms with Crippen molar-refractivity contribution in [2.24, 2.45) is 5.73 Å². The Hall–Kier alpha value is -3.13. The molecular formula is C30H58N4O10. The summed E-state index contributed by atoms with van der Waals surface area (Å²) in [4.78, 5) is 59.0.